The summed E-state index contributed by atoms with van der Waals surface area (Å²) < 4.78 is 37.8. The van der Waals surface area contributed by atoms with Crippen LogP contribution < -0.4 is 9.88 Å². The Morgan fingerprint density at radius 2 is 1.89 bits per heavy atom. The molecular weight excluding hydrogens is 508 g/mol. The minimum atomic E-state index is -4.51. The van der Waals surface area contributed by atoms with Crippen molar-refractivity contribution in [2.24, 2.45) is 0 Å². The van der Waals surface area contributed by atoms with Crippen molar-refractivity contribution < 1.29 is 27.4 Å². The molecule has 2 heterocycles. The van der Waals surface area contributed by atoms with E-state index in [4.69, 9.17) is 5.11 Å². The lowest BCUT2D eigenvalue weighted by molar-refractivity contribution is -0.669. The number of hydrogen-bond acceptors (Lipinski definition) is 6. The molecule has 0 bridgehead atoms. The predicted molar refractivity (Wildman–Crippen MR) is 145 cm³/mol. The number of unbranched alkanes of at least 4 members (excludes halogenated alkanes) is 2. The van der Waals surface area contributed by atoms with Crippen LogP contribution in [0.4, 0.5) is 5.69 Å². The van der Waals surface area contributed by atoms with Gasteiger partial charge in [0.25, 0.3) is 5.01 Å². The Labute approximate surface area is 221 Å². The largest absolute Gasteiger partial charge is 0.744 e. The number of nitrogens with zero attached hydrogens (tertiary/aromatic N) is 1. The Morgan fingerprint density at radius 1 is 1.11 bits per heavy atom. The van der Waals surface area contributed by atoms with Gasteiger partial charge in [0.1, 0.15) is 14.8 Å². The van der Waals surface area contributed by atoms with E-state index in [1.807, 2.05) is 50.3 Å². The van der Waals surface area contributed by atoms with E-state index < -0.39 is 21.5 Å². The number of thiazole rings is 1. The second kappa shape index (κ2) is 11.0. The van der Waals surface area contributed by atoms with Crippen LogP contribution in [-0.2, 0) is 26.9 Å². The fourth-order valence-corrected chi connectivity index (χ4v) is 6.08. The van der Waals surface area contributed by atoms with E-state index in [0.29, 0.717) is 6.42 Å². The van der Waals surface area contributed by atoms with Gasteiger partial charge >= 0.3 is 5.97 Å². The standard InChI is InChI=1S/C28H30N2O5S2/c1-28(2)21-19-20(37(33,34)35)16-17-22(21)29-25(28)13-5-3-6-14-26-30(18-10-4-7-15-27(31)32)23-11-8-9-12-24(23)36-26/h3,5-6,8-9,11-14,16-17,19H,4,7,10,15,18H2,1-2H3,(H2,31,32,33,34,35). The molecule has 3 aromatic rings. The van der Waals surface area contributed by atoms with Gasteiger partial charge in [-0.2, -0.15) is 4.57 Å². The molecule has 37 heavy (non-hydrogen) atoms. The average molecular weight is 539 g/mol. The van der Waals surface area contributed by atoms with E-state index in [1.54, 1.807) is 17.4 Å². The van der Waals surface area contributed by atoms with Gasteiger partial charge in [0, 0.05) is 41.8 Å². The van der Waals surface area contributed by atoms with Crippen molar-refractivity contribution in [2.75, 3.05) is 5.32 Å². The van der Waals surface area contributed by atoms with E-state index in [9.17, 15) is 17.8 Å². The SMILES string of the molecule is CC1(C)\C(=C/C=C/C=C/c2sc3ccccc3[n+]2CCCCCC(=O)O)Nc2ccc(S(=O)(=O)[O-])cc21. The Balaban J connectivity index is 1.48. The minimum absolute atomic E-state index is 0.206. The number of benzene rings is 2. The van der Waals surface area contributed by atoms with Crippen molar-refractivity contribution in [3.63, 3.8) is 0 Å². The van der Waals surface area contributed by atoms with Crippen LogP contribution in [0.2, 0.25) is 0 Å². The number of anilines is 1. The molecule has 1 aromatic heterocycles. The number of fused-ring (bicyclic) bond motifs is 2. The molecule has 0 saturated heterocycles. The summed E-state index contributed by atoms with van der Waals surface area (Å²) in [7, 11) is -4.51. The quantitative estimate of drug-likeness (QED) is 0.151. The summed E-state index contributed by atoms with van der Waals surface area (Å²) in [5, 5.41) is 13.3. The number of allylic oxidation sites excluding steroid dienone is 5. The third-order valence-electron chi connectivity index (χ3n) is 6.53. The van der Waals surface area contributed by atoms with E-state index >= 15 is 0 Å². The van der Waals surface area contributed by atoms with Gasteiger partial charge in [0.15, 0.2) is 6.54 Å². The zero-order chi connectivity index (χ0) is 26.6. The van der Waals surface area contributed by atoms with Crippen LogP contribution in [0, 0.1) is 0 Å². The van der Waals surface area contributed by atoms with Crippen LogP contribution in [0.15, 0.2) is 77.4 Å². The minimum Gasteiger partial charge on any atom is -0.744 e. The molecule has 0 unspecified atom stereocenters. The highest BCUT2D eigenvalue weighted by atomic mass is 32.2. The molecule has 7 nitrogen and oxygen atoms in total. The van der Waals surface area contributed by atoms with E-state index in [1.165, 1.54) is 22.3 Å². The van der Waals surface area contributed by atoms with E-state index in [2.05, 4.69) is 28.1 Å². The van der Waals surface area contributed by atoms with Gasteiger partial charge in [0.05, 0.1) is 4.90 Å². The summed E-state index contributed by atoms with van der Waals surface area (Å²) in [6.07, 6.45) is 12.6. The Bertz CT molecular complexity index is 1510. The zero-order valence-corrected chi connectivity index (χ0v) is 22.4. The second-order valence-electron chi connectivity index (χ2n) is 9.50. The molecule has 0 aliphatic carbocycles. The van der Waals surface area contributed by atoms with Gasteiger partial charge < -0.3 is 15.0 Å². The fourth-order valence-electron chi connectivity index (χ4n) is 4.49. The van der Waals surface area contributed by atoms with E-state index in [-0.39, 0.29) is 11.3 Å². The van der Waals surface area contributed by atoms with Crippen molar-refractivity contribution >= 4 is 49.4 Å². The Morgan fingerprint density at radius 3 is 2.65 bits per heavy atom. The molecule has 1 aliphatic heterocycles. The van der Waals surface area contributed by atoms with Crippen molar-refractivity contribution in [2.45, 2.75) is 56.4 Å². The molecule has 0 spiro atoms. The first-order valence-corrected chi connectivity index (χ1v) is 14.4. The van der Waals surface area contributed by atoms with Gasteiger partial charge in [-0.05, 0) is 48.7 Å². The third kappa shape index (κ3) is 6.18. The van der Waals surface area contributed by atoms with Crippen LogP contribution >= 0.6 is 11.3 Å². The number of rotatable bonds is 10. The van der Waals surface area contributed by atoms with Crippen molar-refractivity contribution in [1.29, 1.82) is 0 Å². The molecule has 0 amide bonds. The van der Waals surface area contributed by atoms with Gasteiger partial charge in [-0.3, -0.25) is 4.79 Å². The highest BCUT2D eigenvalue weighted by molar-refractivity contribution is 7.85. The number of aryl methyl sites for hydroxylation is 1. The Hall–Kier alpha value is -3.27. The normalized spacial score (nSPS) is 16.1. The number of para-hydroxylation sites is 1. The van der Waals surface area contributed by atoms with Gasteiger partial charge in [-0.15, -0.1) is 0 Å². The molecule has 194 valence electrons. The molecule has 1 aliphatic rings. The molecule has 0 fully saturated rings. The molecule has 2 aromatic carbocycles. The summed E-state index contributed by atoms with van der Waals surface area (Å²) in [5.74, 6) is -0.751. The third-order valence-corrected chi connectivity index (χ3v) is 8.49. The zero-order valence-electron chi connectivity index (χ0n) is 20.8. The van der Waals surface area contributed by atoms with Crippen LogP contribution in [0.25, 0.3) is 16.3 Å². The lowest BCUT2D eigenvalue weighted by atomic mass is 9.84. The van der Waals surface area contributed by atoms with E-state index in [0.717, 1.165) is 41.3 Å². The summed E-state index contributed by atoms with van der Waals surface area (Å²) in [6, 6.07) is 12.7. The Kier molecular flexibility index (Phi) is 7.96. The molecule has 4 rings (SSSR count). The van der Waals surface area contributed by atoms with Crippen molar-refractivity contribution in [1.82, 2.24) is 0 Å². The topological polar surface area (TPSA) is 110 Å². The van der Waals surface area contributed by atoms with Crippen LogP contribution in [0.3, 0.4) is 0 Å². The number of carboxylic acid groups (broad SMARTS) is 1. The fraction of sp³-hybridized carbons (Fsp3) is 0.286. The molecular formula is C28H30N2O5S2. The number of hydrogen-bond donors (Lipinski definition) is 2. The maximum Gasteiger partial charge on any atom is 0.303 e. The molecule has 9 heteroatoms. The van der Waals surface area contributed by atoms with Crippen molar-refractivity contribution in [3.8, 4) is 0 Å². The summed E-state index contributed by atoms with van der Waals surface area (Å²) in [5.41, 5.74) is 3.17. The van der Waals surface area contributed by atoms with Gasteiger partial charge in [-0.1, -0.05) is 55.5 Å². The number of carbonyl (C=O) groups is 1. The summed E-state index contributed by atoms with van der Waals surface area (Å²) in [4.78, 5) is 10.5. The number of aliphatic carboxylic acids is 1. The van der Waals surface area contributed by atoms with Gasteiger partial charge in [-0.25, -0.2) is 8.42 Å². The first kappa shape index (κ1) is 26.8. The number of nitrogens with one attached hydrogen (secondary N) is 1. The lowest BCUT2D eigenvalue weighted by Crippen LogP contribution is -2.35. The predicted octanol–water partition coefficient (Wildman–Crippen LogP) is 5.59. The molecule has 0 radical (unpaired) electrons. The monoisotopic (exact) mass is 538 g/mol. The molecule has 0 saturated carbocycles. The van der Waals surface area contributed by atoms with Crippen molar-refractivity contribution in [3.05, 3.63) is 83.0 Å². The van der Waals surface area contributed by atoms with Crippen LogP contribution in [0.5, 0.6) is 0 Å². The first-order chi connectivity index (χ1) is 17.6. The number of carboxylic acids is 1. The maximum atomic E-state index is 11.4. The lowest BCUT2D eigenvalue weighted by Gasteiger charge is -2.20. The summed E-state index contributed by atoms with van der Waals surface area (Å²) >= 11 is 1.72. The van der Waals surface area contributed by atoms with Crippen LogP contribution in [0.1, 0.15) is 50.1 Å². The highest BCUT2D eigenvalue weighted by Gasteiger charge is 2.34. The van der Waals surface area contributed by atoms with Crippen LogP contribution in [-0.4, -0.2) is 24.0 Å². The maximum absolute atomic E-state index is 11.4. The smallest absolute Gasteiger partial charge is 0.303 e. The molecule has 2 N–H and O–H groups in total. The van der Waals surface area contributed by atoms with Gasteiger partial charge in [0.2, 0.25) is 5.52 Å². The number of aromatic nitrogens is 1. The highest BCUT2D eigenvalue weighted by Crippen LogP contribution is 2.44. The second-order valence-corrected chi connectivity index (χ2v) is 11.9. The average Bonchev–Trinajstić information content (AvgIpc) is 3.31. The summed E-state index contributed by atoms with van der Waals surface area (Å²) in [6.45, 7) is 4.80. The molecule has 0 atom stereocenters. The first-order valence-electron chi connectivity index (χ1n) is 12.1.